The molecule has 0 saturated heterocycles. The number of aromatic nitrogens is 18. The molecule has 12 aromatic heterocycles. The molecule has 0 aromatic carbocycles. The monoisotopic (exact) mass is 1030 g/mol. The van der Waals surface area contributed by atoms with Crippen LogP contribution in [0.15, 0.2) is 221 Å². The summed E-state index contributed by atoms with van der Waals surface area (Å²) in [5.41, 5.74) is 13.9. The SMILES string of the molecule is Cc1cc(-c2cccnc2)ncn1.Cc1cc(-c2ccncc2)ccn1.Cc1ccnc(-c2cccnc2)n1.Cc1cncc(-c2cccnc2)n1.Cc1nccc(-c2cccnc2)n1.Cc1ncnc(-c2cccnc2)n1. The average molecular weight is 1030 g/mol. The lowest BCUT2D eigenvalue weighted by molar-refractivity contribution is 0.981. The molecule has 0 bridgehead atoms. The third-order valence-electron chi connectivity index (χ3n) is 10.4. The van der Waals surface area contributed by atoms with Gasteiger partial charge in [0.15, 0.2) is 11.6 Å². The van der Waals surface area contributed by atoms with Crippen LogP contribution in [-0.4, -0.2) is 89.7 Å². The predicted octanol–water partition coefficient (Wildman–Crippen LogP) is 11.1. The van der Waals surface area contributed by atoms with Crippen molar-refractivity contribution in [3.05, 3.63) is 256 Å². The van der Waals surface area contributed by atoms with Gasteiger partial charge >= 0.3 is 0 Å². The van der Waals surface area contributed by atoms with Crippen LogP contribution in [0.5, 0.6) is 0 Å². The number of hydrogen-bond acceptors (Lipinski definition) is 18. The van der Waals surface area contributed by atoms with Gasteiger partial charge in [0, 0.05) is 144 Å². The highest BCUT2D eigenvalue weighted by Gasteiger charge is 2.03. The Morgan fingerprint density at radius 2 is 0.756 bits per heavy atom. The molecule has 384 valence electrons. The van der Waals surface area contributed by atoms with Crippen molar-refractivity contribution in [2.24, 2.45) is 0 Å². The van der Waals surface area contributed by atoms with Crippen molar-refractivity contribution in [1.82, 2.24) is 89.7 Å². The second-order valence-corrected chi connectivity index (χ2v) is 16.6. The zero-order chi connectivity index (χ0) is 54.6. The standard InChI is InChI=1S/C11H10N2.4C10H9N3.C9H8N4/c1-9-8-11(4-7-13-9)10-2-5-12-6-3-10;1-8-12-6-4-10(13-8)9-3-2-5-11-7-9;1-8-4-6-12-10(13-8)9-3-2-5-11-7-9;1-8-5-12-7-10(13-8)9-3-2-4-11-6-9;1-8-5-10(13-7-12-8)9-3-2-4-11-6-9;1-7-11-6-12-9(13-7)8-3-2-4-10-5-8/h2-8H,1H3;4*2-7H,1H3;2-6H,1H3. The minimum absolute atomic E-state index is 0.667. The van der Waals surface area contributed by atoms with Gasteiger partial charge in [0.05, 0.1) is 29.0 Å². The first-order valence-corrected chi connectivity index (χ1v) is 24.3. The Hall–Kier alpha value is -10.6. The summed E-state index contributed by atoms with van der Waals surface area (Å²) in [4.78, 5) is 73.7. The highest BCUT2D eigenvalue weighted by molar-refractivity contribution is 5.63. The molecule has 0 aliphatic rings. The van der Waals surface area contributed by atoms with Crippen LogP contribution >= 0.6 is 0 Å². The van der Waals surface area contributed by atoms with Crippen LogP contribution in [0.4, 0.5) is 0 Å². The number of hydrogen-bond donors (Lipinski definition) is 0. The number of aryl methyl sites for hydroxylation is 6. The minimum Gasteiger partial charge on any atom is -0.265 e. The summed E-state index contributed by atoms with van der Waals surface area (Å²) in [6.07, 6.45) is 33.0. The molecule has 78 heavy (non-hydrogen) atoms. The quantitative estimate of drug-likeness (QED) is 0.151. The van der Waals surface area contributed by atoms with E-state index in [9.17, 15) is 0 Å². The van der Waals surface area contributed by atoms with E-state index in [1.54, 1.807) is 105 Å². The van der Waals surface area contributed by atoms with Crippen LogP contribution in [0, 0.1) is 41.5 Å². The molecule has 12 heterocycles. The lowest BCUT2D eigenvalue weighted by atomic mass is 10.1. The van der Waals surface area contributed by atoms with Gasteiger partial charge in [0.1, 0.15) is 24.3 Å². The van der Waals surface area contributed by atoms with E-state index < -0.39 is 0 Å². The van der Waals surface area contributed by atoms with Crippen molar-refractivity contribution in [2.75, 3.05) is 0 Å². The summed E-state index contributed by atoms with van der Waals surface area (Å²) < 4.78 is 0. The Balaban J connectivity index is 0.000000136. The Morgan fingerprint density at radius 1 is 0.244 bits per heavy atom. The summed E-state index contributed by atoms with van der Waals surface area (Å²) >= 11 is 0. The third kappa shape index (κ3) is 18.4. The molecule has 18 heteroatoms. The molecule has 0 aliphatic carbocycles. The average Bonchev–Trinajstić information content (AvgIpc) is 3.49. The lowest BCUT2D eigenvalue weighted by Gasteiger charge is -2.00. The third-order valence-corrected chi connectivity index (χ3v) is 10.4. The fourth-order valence-corrected chi connectivity index (χ4v) is 6.74. The molecular formula is C60H54N18. The Bertz CT molecular complexity index is 3020. The summed E-state index contributed by atoms with van der Waals surface area (Å²) in [6.45, 7) is 11.5. The van der Waals surface area contributed by atoms with Crippen LogP contribution < -0.4 is 0 Å². The van der Waals surface area contributed by atoms with Gasteiger partial charge in [-0.25, -0.2) is 49.8 Å². The topological polar surface area (TPSA) is 232 Å². The molecule has 12 aromatic rings. The molecule has 0 amide bonds. The molecule has 12 rings (SSSR count). The van der Waals surface area contributed by atoms with Gasteiger partial charge in [-0.2, -0.15) is 0 Å². The van der Waals surface area contributed by atoms with E-state index in [0.29, 0.717) is 11.6 Å². The molecule has 0 spiro atoms. The molecule has 0 atom stereocenters. The minimum atomic E-state index is 0.667. The highest BCUT2D eigenvalue weighted by Crippen LogP contribution is 2.19. The maximum absolute atomic E-state index is 4.34. The van der Waals surface area contributed by atoms with Crippen molar-refractivity contribution in [1.29, 1.82) is 0 Å². The van der Waals surface area contributed by atoms with Crippen LogP contribution in [0.2, 0.25) is 0 Å². The van der Waals surface area contributed by atoms with Crippen LogP contribution in [-0.2, 0) is 0 Å². The zero-order valence-electron chi connectivity index (χ0n) is 43.8. The molecule has 0 fully saturated rings. The summed E-state index contributed by atoms with van der Waals surface area (Å²) in [7, 11) is 0. The van der Waals surface area contributed by atoms with Gasteiger partial charge in [-0.3, -0.25) is 39.9 Å². The highest BCUT2D eigenvalue weighted by atomic mass is 15.0. The Morgan fingerprint density at radius 3 is 1.29 bits per heavy atom. The van der Waals surface area contributed by atoms with E-state index in [4.69, 9.17) is 0 Å². The first-order chi connectivity index (χ1) is 38.2. The van der Waals surface area contributed by atoms with Gasteiger partial charge in [-0.15, -0.1) is 0 Å². The van der Waals surface area contributed by atoms with E-state index in [2.05, 4.69) is 95.8 Å². The first-order valence-electron chi connectivity index (χ1n) is 24.3. The van der Waals surface area contributed by atoms with E-state index in [-0.39, 0.29) is 0 Å². The number of nitrogens with zero attached hydrogens (tertiary/aromatic N) is 18. The smallest absolute Gasteiger partial charge is 0.164 e. The van der Waals surface area contributed by atoms with E-state index in [1.807, 2.05) is 145 Å². The largest absolute Gasteiger partial charge is 0.265 e. The fourth-order valence-electron chi connectivity index (χ4n) is 6.74. The van der Waals surface area contributed by atoms with Crippen molar-refractivity contribution >= 4 is 0 Å². The van der Waals surface area contributed by atoms with E-state index >= 15 is 0 Å². The van der Waals surface area contributed by atoms with Crippen molar-refractivity contribution in [3.8, 4) is 67.7 Å². The van der Waals surface area contributed by atoms with Crippen LogP contribution in [0.1, 0.15) is 34.4 Å². The lowest BCUT2D eigenvalue weighted by Crippen LogP contribution is -1.93. The van der Waals surface area contributed by atoms with Gasteiger partial charge in [0.2, 0.25) is 0 Å². The maximum Gasteiger partial charge on any atom is 0.164 e. The molecular weight excluding hydrogens is 973 g/mol. The van der Waals surface area contributed by atoms with Gasteiger partial charge in [0.25, 0.3) is 0 Å². The Kier molecular flexibility index (Phi) is 21.2. The molecule has 0 N–H and O–H groups in total. The van der Waals surface area contributed by atoms with Gasteiger partial charge in [-0.1, -0.05) is 0 Å². The maximum atomic E-state index is 4.34. The van der Waals surface area contributed by atoms with Crippen molar-refractivity contribution < 1.29 is 0 Å². The number of rotatable bonds is 6. The first kappa shape index (κ1) is 55.1. The van der Waals surface area contributed by atoms with Gasteiger partial charge in [-0.05, 0) is 156 Å². The predicted molar refractivity (Wildman–Crippen MR) is 300 cm³/mol. The molecule has 18 nitrogen and oxygen atoms in total. The summed E-state index contributed by atoms with van der Waals surface area (Å²) in [6, 6.07) is 33.0. The van der Waals surface area contributed by atoms with Crippen molar-refractivity contribution in [3.63, 3.8) is 0 Å². The molecule has 0 radical (unpaired) electrons. The van der Waals surface area contributed by atoms with Crippen LogP contribution in [0.25, 0.3) is 67.7 Å². The normalized spacial score (nSPS) is 9.92. The van der Waals surface area contributed by atoms with Crippen LogP contribution in [0.3, 0.4) is 0 Å². The molecule has 0 saturated carbocycles. The fraction of sp³-hybridized carbons (Fsp3) is 0.100. The summed E-state index contributed by atoms with van der Waals surface area (Å²) in [5, 5.41) is 0. The summed E-state index contributed by atoms with van der Waals surface area (Å²) in [5.74, 6) is 2.89. The second-order valence-electron chi connectivity index (χ2n) is 16.6. The van der Waals surface area contributed by atoms with E-state index in [1.165, 1.54) is 17.5 Å². The number of pyridine rings is 7. The van der Waals surface area contributed by atoms with Gasteiger partial charge < -0.3 is 0 Å². The second kappa shape index (κ2) is 29.9. The van der Waals surface area contributed by atoms with Crippen molar-refractivity contribution in [2.45, 2.75) is 41.5 Å². The molecule has 0 aliphatic heterocycles. The zero-order valence-corrected chi connectivity index (χ0v) is 43.8. The molecule has 0 unspecified atom stereocenters. The van der Waals surface area contributed by atoms with E-state index in [0.717, 1.165) is 79.3 Å². The Labute approximate surface area is 452 Å².